The van der Waals surface area contributed by atoms with Crippen LogP contribution < -0.4 is 5.32 Å². The Balaban J connectivity index is 1.64. The van der Waals surface area contributed by atoms with Gasteiger partial charge < -0.3 is 10.1 Å². The van der Waals surface area contributed by atoms with Crippen molar-refractivity contribution in [2.24, 2.45) is 17.8 Å². The lowest BCUT2D eigenvalue weighted by atomic mass is 9.98. The summed E-state index contributed by atoms with van der Waals surface area (Å²) in [6.45, 7) is 6.96. The zero-order valence-electron chi connectivity index (χ0n) is 11.3. The molecule has 2 saturated carbocycles. The zero-order valence-corrected chi connectivity index (χ0v) is 11.3. The lowest BCUT2D eigenvalue weighted by molar-refractivity contribution is -0.130. The molecule has 17 heavy (non-hydrogen) atoms. The Bertz CT molecular complexity index is 262. The van der Waals surface area contributed by atoms with Crippen molar-refractivity contribution in [3.63, 3.8) is 0 Å². The highest BCUT2D eigenvalue weighted by Crippen LogP contribution is 2.48. The van der Waals surface area contributed by atoms with Crippen LogP contribution in [0.3, 0.4) is 0 Å². The summed E-state index contributed by atoms with van der Waals surface area (Å²) in [4.78, 5) is 11.6. The second kappa shape index (κ2) is 4.97. The summed E-state index contributed by atoms with van der Waals surface area (Å²) in [5.41, 5.74) is -0.232. The number of rotatable bonds is 6. The summed E-state index contributed by atoms with van der Waals surface area (Å²) in [5.74, 6) is 2.57. The van der Waals surface area contributed by atoms with E-state index in [4.69, 9.17) is 4.74 Å². The van der Waals surface area contributed by atoms with Gasteiger partial charge in [-0.3, -0.25) is 4.79 Å². The van der Waals surface area contributed by atoms with Crippen molar-refractivity contribution in [3.8, 4) is 0 Å². The smallest absolute Gasteiger partial charge is 0.246 e. The van der Waals surface area contributed by atoms with Crippen molar-refractivity contribution in [2.75, 3.05) is 13.2 Å². The van der Waals surface area contributed by atoms with Crippen LogP contribution in [0.2, 0.25) is 0 Å². The van der Waals surface area contributed by atoms with Crippen molar-refractivity contribution in [1.29, 1.82) is 0 Å². The molecule has 98 valence electrons. The Morgan fingerprint density at radius 3 is 2.18 bits per heavy atom. The SMILES string of the molecule is CC(C)(C)OCC(=O)NCC(C1CC1)C1CC1. The Morgan fingerprint density at radius 1 is 1.24 bits per heavy atom. The minimum absolute atomic E-state index is 0.0335. The molecule has 0 bridgehead atoms. The number of hydrogen-bond donors (Lipinski definition) is 1. The van der Waals surface area contributed by atoms with Crippen LogP contribution in [0, 0.1) is 17.8 Å². The zero-order chi connectivity index (χ0) is 12.5. The lowest BCUT2D eigenvalue weighted by Crippen LogP contribution is -2.36. The lowest BCUT2D eigenvalue weighted by Gasteiger charge is -2.20. The molecule has 0 aromatic rings. The molecule has 1 amide bonds. The van der Waals surface area contributed by atoms with Crippen LogP contribution in [-0.4, -0.2) is 24.7 Å². The third-order valence-electron chi connectivity index (χ3n) is 3.63. The molecule has 0 aliphatic heterocycles. The van der Waals surface area contributed by atoms with E-state index in [0.29, 0.717) is 0 Å². The van der Waals surface area contributed by atoms with Gasteiger partial charge in [0.1, 0.15) is 6.61 Å². The molecule has 2 aliphatic rings. The molecule has 0 spiro atoms. The predicted octanol–water partition coefficient (Wildman–Crippen LogP) is 2.35. The molecule has 0 unspecified atom stereocenters. The first-order valence-electron chi connectivity index (χ1n) is 6.86. The van der Waals surface area contributed by atoms with E-state index in [9.17, 15) is 4.79 Å². The number of hydrogen-bond acceptors (Lipinski definition) is 2. The van der Waals surface area contributed by atoms with Gasteiger partial charge >= 0.3 is 0 Å². The van der Waals surface area contributed by atoms with Gasteiger partial charge in [-0.1, -0.05) is 0 Å². The predicted molar refractivity (Wildman–Crippen MR) is 67.7 cm³/mol. The molecule has 0 atom stereocenters. The van der Waals surface area contributed by atoms with E-state index in [1.807, 2.05) is 20.8 Å². The minimum atomic E-state index is -0.232. The molecule has 0 saturated heterocycles. The maximum absolute atomic E-state index is 11.6. The number of amides is 1. The van der Waals surface area contributed by atoms with Gasteiger partial charge in [0.25, 0.3) is 0 Å². The number of nitrogens with one attached hydrogen (secondary N) is 1. The van der Waals surface area contributed by atoms with Gasteiger partial charge in [0.05, 0.1) is 5.60 Å². The first-order valence-corrected chi connectivity index (χ1v) is 6.86. The number of carbonyl (C=O) groups excluding carboxylic acids is 1. The fourth-order valence-corrected chi connectivity index (χ4v) is 2.33. The highest BCUT2D eigenvalue weighted by atomic mass is 16.5. The molecular formula is C14H25NO2. The van der Waals surface area contributed by atoms with E-state index >= 15 is 0 Å². The fourth-order valence-electron chi connectivity index (χ4n) is 2.33. The van der Waals surface area contributed by atoms with Crippen molar-refractivity contribution in [1.82, 2.24) is 5.32 Å². The highest BCUT2D eigenvalue weighted by Gasteiger charge is 2.41. The van der Waals surface area contributed by atoms with Gasteiger partial charge in [-0.25, -0.2) is 0 Å². The average Bonchev–Trinajstić information content (AvgIpc) is 3.06. The van der Waals surface area contributed by atoms with Gasteiger partial charge in [-0.15, -0.1) is 0 Å². The maximum atomic E-state index is 11.6. The molecule has 3 heteroatoms. The molecule has 0 heterocycles. The third kappa shape index (κ3) is 4.66. The van der Waals surface area contributed by atoms with Gasteiger partial charge in [-0.2, -0.15) is 0 Å². The largest absolute Gasteiger partial charge is 0.366 e. The summed E-state index contributed by atoms with van der Waals surface area (Å²) in [6, 6.07) is 0. The summed E-state index contributed by atoms with van der Waals surface area (Å²) >= 11 is 0. The summed E-state index contributed by atoms with van der Waals surface area (Å²) in [5, 5.41) is 3.03. The second-order valence-electron chi connectivity index (χ2n) is 6.54. The van der Waals surface area contributed by atoms with Crippen molar-refractivity contribution >= 4 is 5.91 Å². The van der Waals surface area contributed by atoms with Crippen LogP contribution in [0.1, 0.15) is 46.5 Å². The number of carbonyl (C=O) groups is 1. The monoisotopic (exact) mass is 239 g/mol. The van der Waals surface area contributed by atoms with E-state index in [2.05, 4.69) is 5.32 Å². The van der Waals surface area contributed by atoms with Gasteiger partial charge in [0, 0.05) is 6.54 Å². The standard InChI is InChI=1S/C14H25NO2/c1-14(2,3)17-9-13(16)15-8-12(10-4-5-10)11-6-7-11/h10-12H,4-9H2,1-3H3,(H,15,16). The maximum Gasteiger partial charge on any atom is 0.246 e. The van der Waals surface area contributed by atoms with Gasteiger partial charge in [0.15, 0.2) is 0 Å². The minimum Gasteiger partial charge on any atom is -0.366 e. The van der Waals surface area contributed by atoms with Crippen LogP contribution in [0.5, 0.6) is 0 Å². The molecule has 0 aromatic heterocycles. The molecule has 2 fully saturated rings. The van der Waals surface area contributed by atoms with Crippen LogP contribution in [0.4, 0.5) is 0 Å². The van der Waals surface area contributed by atoms with Gasteiger partial charge in [0.2, 0.25) is 5.91 Å². The fraction of sp³-hybridized carbons (Fsp3) is 0.929. The van der Waals surface area contributed by atoms with Crippen LogP contribution in [0.15, 0.2) is 0 Å². The van der Waals surface area contributed by atoms with E-state index < -0.39 is 0 Å². The van der Waals surface area contributed by atoms with E-state index in [1.165, 1.54) is 25.7 Å². The summed E-state index contributed by atoms with van der Waals surface area (Å²) in [6.07, 6.45) is 5.48. The molecule has 1 N–H and O–H groups in total. The van der Waals surface area contributed by atoms with E-state index in [0.717, 1.165) is 24.3 Å². The normalized spacial score (nSPS) is 20.7. The van der Waals surface area contributed by atoms with Gasteiger partial charge in [-0.05, 0) is 64.2 Å². The Morgan fingerprint density at radius 2 is 1.76 bits per heavy atom. The van der Waals surface area contributed by atoms with Crippen molar-refractivity contribution < 1.29 is 9.53 Å². The Kier molecular flexibility index (Phi) is 3.76. The molecule has 2 aliphatic carbocycles. The van der Waals surface area contributed by atoms with Crippen LogP contribution in [-0.2, 0) is 9.53 Å². The molecule has 2 rings (SSSR count). The quantitative estimate of drug-likeness (QED) is 0.772. The summed E-state index contributed by atoms with van der Waals surface area (Å²) in [7, 11) is 0. The first kappa shape index (κ1) is 12.9. The van der Waals surface area contributed by atoms with E-state index in [-0.39, 0.29) is 18.1 Å². The van der Waals surface area contributed by atoms with E-state index in [1.54, 1.807) is 0 Å². The summed E-state index contributed by atoms with van der Waals surface area (Å²) < 4.78 is 5.46. The number of ether oxygens (including phenoxy) is 1. The van der Waals surface area contributed by atoms with Crippen molar-refractivity contribution in [2.45, 2.75) is 52.1 Å². The Hall–Kier alpha value is -0.570. The molecule has 3 nitrogen and oxygen atoms in total. The highest BCUT2D eigenvalue weighted by molar-refractivity contribution is 5.77. The van der Waals surface area contributed by atoms with Crippen LogP contribution in [0.25, 0.3) is 0 Å². The first-order chi connectivity index (χ1) is 7.96. The topological polar surface area (TPSA) is 38.3 Å². The molecular weight excluding hydrogens is 214 g/mol. The van der Waals surface area contributed by atoms with Crippen molar-refractivity contribution in [3.05, 3.63) is 0 Å². The average molecular weight is 239 g/mol. The molecule has 0 aromatic carbocycles. The second-order valence-corrected chi connectivity index (χ2v) is 6.54. The Labute approximate surface area is 104 Å². The third-order valence-corrected chi connectivity index (χ3v) is 3.63. The molecule has 0 radical (unpaired) electrons. The van der Waals surface area contributed by atoms with Crippen LogP contribution >= 0.6 is 0 Å².